The number of amides is 3. The molecule has 1 unspecified atom stereocenters. The van der Waals surface area contributed by atoms with E-state index in [2.05, 4.69) is 11.9 Å². The number of methoxy groups -OCH3 is 3. The first kappa shape index (κ1) is 21.3. The zero-order valence-electron chi connectivity index (χ0n) is 18.3. The Bertz CT molecular complexity index is 1070. The van der Waals surface area contributed by atoms with Crippen molar-refractivity contribution in [3.05, 3.63) is 72.0 Å². The Labute approximate surface area is 186 Å². The molecule has 0 saturated carbocycles. The molecule has 3 amide bonds. The summed E-state index contributed by atoms with van der Waals surface area (Å²) in [5.41, 5.74) is 2.59. The molecule has 2 heterocycles. The molecule has 2 aromatic rings. The lowest BCUT2D eigenvalue weighted by Crippen LogP contribution is -2.47. The number of benzene rings is 2. The molecule has 0 aromatic heterocycles. The van der Waals surface area contributed by atoms with Crippen LogP contribution in [-0.4, -0.2) is 51.3 Å². The Morgan fingerprint density at radius 2 is 1.62 bits per heavy atom. The number of hydrogen-bond donors (Lipinski definition) is 1. The fourth-order valence-corrected chi connectivity index (χ4v) is 4.03. The van der Waals surface area contributed by atoms with E-state index >= 15 is 0 Å². The predicted molar refractivity (Wildman–Crippen MR) is 120 cm³/mol. The van der Waals surface area contributed by atoms with Gasteiger partial charge in [0.25, 0.3) is 5.91 Å². The lowest BCUT2D eigenvalue weighted by Gasteiger charge is -2.33. The maximum absolute atomic E-state index is 13.6. The van der Waals surface area contributed by atoms with E-state index in [0.29, 0.717) is 40.6 Å². The lowest BCUT2D eigenvalue weighted by molar-refractivity contribution is -0.114. The second kappa shape index (κ2) is 8.66. The van der Waals surface area contributed by atoms with Crippen molar-refractivity contribution >= 4 is 17.6 Å². The molecular weight excluding hydrogens is 410 g/mol. The second-order valence-electron chi connectivity index (χ2n) is 7.38. The minimum Gasteiger partial charge on any atom is -0.497 e. The second-order valence-corrected chi connectivity index (χ2v) is 7.38. The highest BCUT2D eigenvalue weighted by Gasteiger charge is 2.44. The SMILES string of the molecule is C=CCN1C(=O)NC(c2cc(OC)cc(OC)c2)C2=C1CN(c1ccc(OC)cc1)C2=O. The molecule has 0 spiro atoms. The Hall–Kier alpha value is -3.94. The van der Waals surface area contributed by atoms with Crippen LogP contribution in [0.1, 0.15) is 11.6 Å². The van der Waals surface area contributed by atoms with Gasteiger partial charge in [-0.25, -0.2) is 4.79 Å². The Morgan fingerprint density at radius 1 is 1.00 bits per heavy atom. The average Bonchev–Trinajstić information content (AvgIpc) is 3.17. The van der Waals surface area contributed by atoms with E-state index in [0.717, 1.165) is 5.69 Å². The average molecular weight is 435 g/mol. The van der Waals surface area contributed by atoms with Crippen molar-refractivity contribution in [2.24, 2.45) is 0 Å². The van der Waals surface area contributed by atoms with Crippen molar-refractivity contribution in [2.75, 3.05) is 39.3 Å². The van der Waals surface area contributed by atoms with E-state index in [-0.39, 0.29) is 18.5 Å². The summed E-state index contributed by atoms with van der Waals surface area (Å²) >= 11 is 0. The summed E-state index contributed by atoms with van der Waals surface area (Å²) in [7, 11) is 4.70. The Kier molecular flexibility index (Phi) is 5.77. The highest BCUT2D eigenvalue weighted by atomic mass is 16.5. The summed E-state index contributed by atoms with van der Waals surface area (Å²) < 4.78 is 16.0. The minimum absolute atomic E-state index is 0.175. The fourth-order valence-electron chi connectivity index (χ4n) is 4.03. The Morgan fingerprint density at radius 3 is 2.19 bits per heavy atom. The van der Waals surface area contributed by atoms with Gasteiger partial charge in [-0.15, -0.1) is 6.58 Å². The quantitative estimate of drug-likeness (QED) is 0.676. The van der Waals surface area contributed by atoms with Gasteiger partial charge in [-0.3, -0.25) is 9.69 Å². The molecule has 4 rings (SSSR count). The van der Waals surface area contributed by atoms with Crippen molar-refractivity contribution in [1.82, 2.24) is 10.2 Å². The van der Waals surface area contributed by atoms with E-state index in [9.17, 15) is 9.59 Å². The van der Waals surface area contributed by atoms with Gasteiger partial charge in [0.15, 0.2) is 0 Å². The lowest BCUT2D eigenvalue weighted by atomic mass is 9.95. The molecule has 8 heteroatoms. The summed E-state index contributed by atoms with van der Waals surface area (Å²) in [6.07, 6.45) is 1.64. The van der Waals surface area contributed by atoms with E-state index in [4.69, 9.17) is 14.2 Å². The van der Waals surface area contributed by atoms with Crippen LogP contribution in [0.15, 0.2) is 66.4 Å². The summed E-state index contributed by atoms with van der Waals surface area (Å²) in [4.78, 5) is 29.8. The first-order chi connectivity index (χ1) is 15.5. The number of urea groups is 1. The number of ether oxygens (including phenoxy) is 3. The van der Waals surface area contributed by atoms with Crippen molar-refractivity contribution in [1.29, 1.82) is 0 Å². The van der Waals surface area contributed by atoms with E-state index < -0.39 is 6.04 Å². The van der Waals surface area contributed by atoms with Crippen LogP contribution in [0, 0.1) is 0 Å². The number of carbonyl (C=O) groups excluding carboxylic acids is 2. The maximum atomic E-state index is 13.6. The third-order valence-corrected chi connectivity index (χ3v) is 5.62. The molecule has 32 heavy (non-hydrogen) atoms. The number of anilines is 1. The Balaban J connectivity index is 1.79. The molecule has 2 aliphatic rings. The van der Waals surface area contributed by atoms with Crippen LogP contribution in [0.5, 0.6) is 17.2 Å². The molecular formula is C24H25N3O5. The van der Waals surface area contributed by atoms with Crippen LogP contribution in [0.3, 0.4) is 0 Å². The van der Waals surface area contributed by atoms with Crippen molar-refractivity contribution < 1.29 is 23.8 Å². The largest absolute Gasteiger partial charge is 0.497 e. The van der Waals surface area contributed by atoms with Gasteiger partial charge in [-0.2, -0.15) is 0 Å². The van der Waals surface area contributed by atoms with Crippen molar-refractivity contribution in [3.63, 3.8) is 0 Å². The first-order valence-corrected chi connectivity index (χ1v) is 10.1. The zero-order valence-corrected chi connectivity index (χ0v) is 18.3. The highest BCUT2D eigenvalue weighted by Crippen LogP contribution is 2.40. The van der Waals surface area contributed by atoms with Crippen LogP contribution in [0.4, 0.5) is 10.5 Å². The zero-order chi connectivity index (χ0) is 22.8. The predicted octanol–water partition coefficient (Wildman–Crippen LogP) is 3.27. The molecule has 2 aromatic carbocycles. The van der Waals surface area contributed by atoms with Crippen LogP contribution < -0.4 is 24.4 Å². The maximum Gasteiger partial charge on any atom is 0.322 e. The van der Waals surface area contributed by atoms with Gasteiger partial charge in [0.05, 0.1) is 45.2 Å². The van der Waals surface area contributed by atoms with Gasteiger partial charge in [0.2, 0.25) is 0 Å². The number of rotatable bonds is 7. The monoisotopic (exact) mass is 435 g/mol. The fraction of sp³-hybridized carbons (Fsp3) is 0.250. The van der Waals surface area contributed by atoms with Gasteiger partial charge in [-0.1, -0.05) is 6.08 Å². The minimum atomic E-state index is -0.640. The molecule has 1 atom stereocenters. The number of hydrogen-bond acceptors (Lipinski definition) is 5. The summed E-state index contributed by atoms with van der Waals surface area (Å²) in [5.74, 6) is 1.67. The molecule has 8 nitrogen and oxygen atoms in total. The summed E-state index contributed by atoms with van der Waals surface area (Å²) in [5, 5.41) is 2.97. The van der Waals surface area contributed by atoms with Gasteiger partial charge in [-0.05, 0) is 42.0 Å². The molecule has 1 N–H and O–H groups in total. The van der Waals surface area contributed by atoms with Crippen LogP contribution in [-0.2, 0) is 4.79 Å². The first-order valence-electron chi connectivity index (χ1n) is 10.1. The molecule has 0 radical (unpaired) electrons. The van der Waals surface area contributed by atoms with Gasteiger partial charge >= 0.3 is 6.03 Å². The number of nitrogens with one attached hydrogen (secondary N) is 1. The summed E-state index contributed by atoms with van der Waals surface area (Å²) in [6.45, 7) is 4.32. The smallest absolute Gasteiger partial charge is 0.322 e. The van der Waals surface area contributed by atoms with E-state index in [1.807, 2.05) is 12.1 Å². The molecule has 0 aliphatic carbocycles. The van der Waals surface area contributed by atoms with E-state index in [1.54, 1.807) is 67.5 Å². The van der Waals surface area contributed by atoms with Gasteiger partial charge < -0.3 is 24.4 Å². The molecule has 0 fully saturated rings. The molecule has 2 aliphatic heterocycles. The standard InChI is InChI=1S/C24H25N3O5/c1-5-10-26-20-14-27(16-6-8-17(30-2)9-7-16)23(28)21(20)22(25-24(26)29)15-11-18(31-3)13-19(12-15)32-4/h5-9,11-13,22H,1,10,14H2,2-4H3,(H,25,29). The van der Waals surface area contributed by atoms with Crippen molar-refractivity contribution in [2.45, 2.75) is 6.04 Å². The van der Waals surface area contributed by atoms with E-state index in [1.165, 1.54) is 0 Å². The summed E-state index contributed by atoms with van der Waals surface area (Å²) in [6, 6.07) is 11.7. The molecule has 0 saturated heterocycles. The number of carbonyl (C=O) groups is 2. The third-order valence-electron chi connectivity index (χ3n) is 5.62. The van der Waals surface area contributed by atoms with Crippen LogP contribution in [0.25, 0.3) is 0 Å². The highest BCUT2D eigenvalue weighted by molar-refractivity contribution is 6.11. The van der Waals surface area contributed by atoms with Crippen LogP contribution >= 0.6 is 0 Å². The molecule has 0 bridgehead atoms. The van der Waals surface area contributed by atoms with Gasteiger partial charge in [0.1, 0.15) is 17.2 Å². The topological polar surface area (TPSA) is 80.3 Å². The third kappa shape index (κ3) is 3.64. The van der Waals surface area contributed by atoms with Crippen molar-refractivity contribution in [3.8, 4) is 17.2 Å². The molecule has 166 valence electrons. The van der Waals surface area contributed by atoms with Gasteiger partial charge in [0, 0.05) is 18.3 Å². The normalized spacial score (nSPS) is 17.8. The number of nitrogens with zero attached hydrogens (tertiary/aromatic N) is 2. The van der Waals surface area contributed by atoms with Crippen LogP contribution in [0.2, 0.25) is 0 Å².